The second-order valence-corrected chi connectivity index (χ2v) is 9.36. The first-order valence-electron chi connectivity index (χ1n) is 14.6. The molecule has 3 heteroatoms. The zero-order valence-corrected chi connectivity index (χ0v) is 23.7. The molecule has 0 spiro atoms. The largest absolute Gasteiger partial charge is 0.356 e. The van der Waals surface area contributed by atoms with Gasteiger partial charge in [-0.15, -0.1) is 0 Å². The minimum absolute atomic E-state index is 0.219. The Labute approximate surface area is 219 Å². The van der Waals surface area contributed by atoms with Crippen LogP contribution in [0.1, 0.15) is 129 Å². The highest BCUT2D eigenvalue weighted by molar-refractivity contribution is 4.87. The second-order valence-electron chi connectivity index (χ2n) is 9.36. The van der Waals surface area contributed by atoms with Crippen LogP contribution in [0.2, 0.25) is 0 Å². The molecule has 2 unspecified atom stereocenters. The van der Waals surface area contributed by atoms with Gasteiger partial charge in [0, 0.05) is 27.1 Å². The number of rotatable bonds is 26. The highest BCUT2D eigenvalue weighted by atomic mass is 16.8. The van der Waals surface area contributed by atoms with Crippen molar-refractivity contribution in [3.05, 3.63) is 48.6 Å². The van der Waals surface area contributed by atoms with Crippen LogP contribution in [0.4, 0.5) is 0 Å². The fourth-order valence-electron chi connectivity index (χ4n) is 3.79. The minimum atomic E-state index is -0.219. The number of methoxy groups -OCH3 is 2. The van der Waals surface area contributed by atoms with Gasteiger partial charge in [0.15, 0.2) is 12.6 Å². The van der Waals surface area contributed by atoms with Crippen molar-refractivity contribution >= 4 is 0 Å². The summed E-state index contributed by atoms with van der Waals surface area (Å²) in [6.07, 6.45) is 39.2. The van der Waals surface area contributed by atoms with Crippen LogP contribution < -0.4 is 0 Å². The van der Waals surface area contributed by atoms with E-state index in [1.807, 2.05) is 0 Å². The van der Waals surface area contributed by atoms with E-state index >= 15 is 0 Å². The van der Waals surface area contributed by atoms with Crippen LogP contribution in [0.25, 0.3) is 0 Å². The van der Waals surface area contributed by atoms with E-state index in [0.717, 1.165) is 38.5 Å². The number of hydrogen-bond acceptors (Lipinski definition) is 3. The summed E-state index contributed by atoms with van der Waals surface area (Å²) < 4.78 is 17.1. The first kappa shape index (κ1) is 33.8. The lowest BCUT2D eigenvalue weighted by Crippen LogP contribution is -2.25. The van der Waals surface area contributed by atoms with Gasteiger partial charge in [0.1, 0.15) is 0 Å². The molecule has 0 aliphatic heterocycles. The molecule has 204 valence electrons. The molecule has 0 amide bonds. The van der Waals surface area contributed by atoms with Crippen molar-refractivity contribution in [1.82, 2.24) is 0 Å². The van der Waals surface area contributed by atoms with Crippen LogP contribution in [0, 0.1) is 0 Å². The van der Waals surface area contributed by atoms with E-state index in [4.69, 9.17) is 14.2 Å². The predicted octanol–water partition coefficient (Wildman–Crippen LogP) is 10.2. The van der Waals surface area contributed by atoms with Crippen LogP contribution in [-0.2, 0) is 14.2 Å². The van der Waals surface area contributed by atoms with E-state index in [-0.39, 0.29) is 12.6 Å². The summed E-state index contributed by atoms with van der Waals surface area (Å²) in [7, 11) is 3.43. The molecule has 0 aromatic carbocycles. The molecular weight excluding hydrogens is 432 g/mol. The topological polar surface area (TPSA) is 27.7 Å². The first-order chi connectivity index (χ1) is 17.3. The Morgan fingerprint density at radius 2 is 0.743 bits per heavy atom. The maximum absolute atomic E-state index is 6.02. The fourth-order valence-corrected chi connectivity index (χ4v) is 3.79. The number of unbranched alkanes of at least 4 members (excludes halogenated alkanes) is 10. The quantitative estimate of drug-likeness (QED) is 0.0685. The highest BCUT2D eigenvalue weighted by Gasteiger charge is 2.14. The van der Waals surface area contributed by atoms with Gasteiger partial charge in [-0.2, -0.15) is 0 Å². The van der Waals surface area contributed by atoms with Crippen molar-refractivity contribution in [2.45, 2.75) is 142 Å². The Bertz CT molecular complexity index is 475. The van der Waals surface area contributed by atoms with E-state index in [1.165, 1.54) is 77.0 Å². The Kier molecular flexibility index (Phi) is 28.1. The third-order valence-corrected chi connectivity index (χ3v) is 6.07. The average molecular weight is 491 g/mol. The first-order valence-corrected chi connectivity index (χ1v) is 14.6. The van der Waals surface area contributed by atoms with Gasteiger partial charge in [-0.3, -0.25) is 0 Å². The van der Waals surface area contributed by atoms with Crippen molar-refractivity contribution in [2.24, 2.45) is 0 Å². The molecule has 0 rings (SSSR count). The molecule has 0 aliphatic carbocycles. The maximum Gasteiger partial charge on any atom is 0.160 e. The Morgan fingerprint density at radius 1 is 0.429 bits per heavy atom. The molecule has 0 heterocycles. The Balaban J connectivity index is 3.82. The van der Waals surface area contributed by atoms with Crippen molar-refractivity contribution in [2.75, 3.05) is 14.2 Å². The summed E-state index contributed by atoms with van der Waals surface area (Å²) in [6.45, 7) is 4.51. The smallest absolute Gasteiger partial charge is 0.160 e. The van der Waals surface area contributed by atoms with Crippen LogP contribution in [-0.4, -0.2) is 26.8 Å². The minimum Gasteiger partial charge on any atom is -0.356 e. The third kappa shape index (κ3) is 25.7. The van der Waals surface area contributed by atoms with Crippen LogP contribution in [0.3, 0.4) is 0 Å². The van der Waals surface area contributed by atoms with E-state index in [0.29, 0.717) is 0 Å². The van der Waals surface area contributed by atoms with Crippen molar-refractivity contribution in [3.63, 3.8) is 0 Å². The second kappa shape index (κ2) is 29.1. The summed E-state index contributed by atoms with van der Waals surface area (Å²) in [4.78, 5) is 0. The summed E-state index contributed by atoms with van der Waals surface area (Å²) in [5.41, 5.74) is 0. The summed E-state index contributed by atoms with van der Waals surface area (Å²) in [6, 6.07) is 0. The van der Waals surface area contributed by atoms with Crippen molar-refractivity contribution in [1.29, 1.82) is 0 Å². The fraction of sp³-hybridized carbons (Fsp3) is 0.750. The van der Waals surface area contributed by atoms with Crippen molar-refractivity contribution < 1.29 is 14.2 Å². The molecule has 0 saturated heterocycles. The van der Waals surface area contributed by atoms with Crippen LogP contribution >= 0.6 is 0 Å². The van der Waals surface area contributed by atoms with E-state index in [9.17, 15) is 0 Å². The molecule has 0 aromatic rings. The lowest BCUT2D eigenvalue weighted by atomic mass is 10.1. The van der Waals surface area contributed by atoms with Gasteiger partial charge in [0.05, 0.1) is 0 Å². The highest BCUT2D eigenvalue weighted by Crippen LogP contribution is 2.13. The molecule has 0 saturated carbocycles. The lowest BCUT2D eigenvalue weighted by Gasteiger charge is -2.22. The Hall–Kier alpha value is -1.16. The van der Waals surface area contributed by atoms with Gasteiger partial charge in [0.2, 0.25) is 0 Å². The predicted molar refractivity (Wildman–Crippen MR) is 154 cm³/mol. The summed E-state index contributed by atoms with van der Waals surface area (Å²) in [5, 5.41) is 0. The maximum atomic E-state index is 6.02. The van der Waals surface area contributed by atoms with Gasteiger partial charge in [-0.05, 0) is 77.0 Å². The van der Waals surface area contributed by atoms with Gasteiger partial charge >= 0.3 is 0 Å². The van der Waals surface area contributed by atoms with Gasteiger partial charge in [0.25, 0.3) is 0 Å². The SMILES string of the molecule is CCCCCC=CCCCC=CCCC(OC)OC(CCC=CCCCC=CCCCCC)OC. The molecule has 3 nitrogen and oxygen atoms in total. The molecule has 0 aliphatic rings. The molecule has 0 radical (unpaired) electrons. The number of allylic oxidation sites excluding steroid dienone is 8. The molecule has 0 bridgehead atoms. The van der Waals surface area contributed by atoms with Crippen LogP contribution in [0.15, 0.2) is 48.6 Å². The average Bonchev–Trinajstić information content (AvgIpc) is 2.88. The molecule has 0 N–H and O–H groups in total. The number of ether oxygens (including phenoxy) is 3. The monoisotopic (exact) mass is 490 g/mol. The van der Waals surface area contributed by atoms with Crippen LogP contribution in [0.5, 0.6) is 0 Å². The summed E-state index contributed by atoms with van der Waals surface area (Å²) in [5.74, 6) is 0. The van der Waals surface area contributed by atoms with Gasteiger partial charge in [-0.25, -0.2) is 0 Å². The Morgan fingerprint density at radius 3 is 1.06 bits per heavy atom. The molecule has 0 aromatic heterocycles. The molecule has 0 fully saturated rings. The van der Waals surface area contributed by atoms with Gasteiger partial charge < -0.3 is 14.2 Å². The van der Waals surface area contributed by atoms with E-state index in [2.05, 4.69) is 62.5 Å². The molecule has 35 heavy (non-hydrogen) atoms. The van der Waals surface area contributed by atoms with E-state index in [1.54, 1.807) is 14.2 Å². The lowest BCUT2D eigenvalue weighted by molar-refractivity contribution is -0.232. The zero-order valence-electron chi connectivity index (χ0n) is 23.7. The third-order valence-electron chi connectivity index (χ3n) is 6.07. The number of hydrogen-bond donors (Lipinski definition) is 0. The molecule has 2 atom stereocenters. The van der Waals surface area contributed by atoms with Crippen molar-refractivity contribution in [3.8, 4) is 0 Å². The standard InChI is InChI=1S/C32H58O3/c1-5-7-9-11-13-15-17-19-21-23-25-27-29-31(33-3)35-32(34-4)30-28-26-24-22-20-18-16-14-12-10-8-6-2/h13-16,23-26,31-32H,5-12,17-22,27-30H2,1-4H3. The van der Waals surface area contributed by atoms with Gasteiger partial charge in [-0.1, -0.05) is 88.1 Å². The normalized spacial score (nSPS) is 14.3. The molecular formula is C32H58O3. The summed E-state index contributed by atoms with van der Waals surface area (Å²) >= 11 is 0. The van der Waals surface area contributed by atoms with E-state index < -0.39 is 0 Å². The zero-order chi connectivity index (χ0) is 25.7.